The van der Waals surface area contributed by atoms with E-state index >= 15 is 0 Å². The molecular formula is C19H24OS. The summed E-state index contributed by atoms with van der Waals surface area (Å²) < 4.78 is 6.08. The van der Waals surface area contributed by atoms with E-state index in [-0.39, 0.29) is 0 Å². The first-order chi connectivity index (χ1) is 10.1. The van der Waals surface area contributed by atoms with Gasteiger partial charge in [0.05, 0.1) is 0 Å². The highest BCUT2D eigenvalue weighted by atomic mass is 32.1. The summed E-state index contributed by atoms with van der Waals surface area (Å²) in [4.78, 5) is 1.01. The summed E-state index contributed by atoms with van der Waals surface area (Å²) in [5, 5.41) is 0. The standard InChI is InChI=1S/C19H24OS/c1-5-15-8-7-9-19(21)17(15)12-20-18-11-13(3)16(6-2)10-14(18)4/h7-11,21H,5-6,12H2,1-4H3. The SMILES string of the molecule is CCc1cc(C)c(OCc2c(S)cccc2CC)cc1C. The first-order valence-electron chi connectivity index (χ1n) is 7.59. The van der Waals surface area contributed by atoms with Gasteiger partial charge in [0, 0.05) is 10.5 Å². The molecule has 0 unspecified atom stereocenters. The second-order valence-corrected chi connectivity index (χ2v) is 5.94. The normalized spacial score (nSPS) is 10.7. The molecule has 0 atom stereocenters. The molecule has 112 valence electrons. The van der Waals surface area contributed by atoms with Gasteiger partial charge in [0.2, 0.25) is 0 Å². The molecule has 0 aliphatic rings. The van der Waals surface area contributed by atoms with Crippen molar-refractivity contribution in [2.75, 3.05) is 0 Å². The fourth-order valence-electron chi connectivity index (χ4n) is 2.65. The zero-order valence-corrected chi connectivity index (χ0v) is 14.3. The highest BCUT2D eigenvalue weighted by molar-refractivity contribution is 7.80. The highest BCUT2D eigenvalue weighted by Crippen LogP contribution is 2.26. The Morgan fingerprint density at radius 2 is 1.67 bits per heavy atom. The van der Waals surface area contributed by atoms with E-state index in [9.17, 15) is 0 Å². The molecule has 2 rings (SSSR count). The average Bonchev–Trinajstić information content (AvgIpc) is 2.48. The monoisotopic (exact) mass is 300 g/mol. The van der Waals surface area contributed by atoms with E-state index in [1.165, 1.54) is 27.8 Å². The average molecular weight is 300 g/mol. The number of rotatable bonds is 5. The van der Waals surface area contributed by atoms with Gasteiger partial charge in [0.25, 0.3) is 0 Å². The second kappa shape index (κ2) is 7.04. The molecule has 0 radical (unpaired) electrons. The van der Waals surface area contributed by atoms with Gasteiger partial charge in [-0.25, -0.2) is 0 Å². The molecule has 0 aliphatic carbocycles. The third kappa shape index (κ3) is 3.62. The molecule has 2 aromatic carbocycles. The maximum atomic E-state index is 6.08. The zero-order valence-electron chi connectivity index (χ0n) is 13.4. The van der Waals surface area contributed by atoms with E-state index < -0.39 is 0 Å². The Kier molecular flexibility index (Phi) is 5.35. The third-order valence-corrected chi connectivity index (χ3v) is 4.43. The molecule has 0 saturated heterocycles. The van der Waals surface area contributed by atoms with Gasteiger partial charge in [-0.05, 0) is 61.1 Å². The molecule has 2 aromatic rings. The van der Waals surface area contributed by atoms with Crippen LogP contribution in [0.4, 0.5) is 0 Å². The summed E-state index contributed by atoms with van der Waals surface area (Å²) in [6.07, 6.45) is 2.06. The number of aryl methyl sites for hydroxylation is 4. The van der Waals surface area contributed by atoms with Crippen LogP contribution in [0, 0.1) is 13.8 Å². The highest BCUT2D eigenvalue weighted by Gasteiger charge is 2.08. The summed E-state index contributed by atoms with van der Waals surface area (Å²) in [6, 6.07) is 10.6. The Hall–Kier alpha value is -1.41. The van der Waals surface area contributed by atoms with Crippen LogP contribution >= 0.6 is 12.6 Å². The number of hydrogen-bond acceptors (Lipinski definition) is 2. The Labute approximate surface area is 133 Å². The van der Waals surface area contributed by atoms with Crippen LogP contribution in [0.2, 0.25) is 0 Å². The number of thiol groups is 1. The van der Waals surface area contributed by atoms with Gasteiger partial charge in [-0.15, -0.1) is 12.6 Å². The van der Waals surface area contributed by atoms with Crippen molar-refractivity contribution in [1.29, 1.82) is 0 Å². The van der Waals surface area contributed by atoms with Gasteiger partial charge in [0.1, 0.15) is 12.4 Å². The van der Waals surface area contributed by atoms with Gasteiger partial charge in [-0.2, -0.15) is 0 Å². The van der Waals surface area contributed by atoms with Gasteiger partial charge in [0.15, 0.2) is 0 Å². The lowest BCUT2D eigenvalue weighted by molar-refractivity contribution is 0.300. The van der Waals surface area contributed by atoms with Crippen molar-refractivity contribution in [3.05, 3.63) is 58.1 Å². The fourth-order valence-corrected chi connectivity index (χ4v) is 2.95. The zero-order chi connectivity index (χ0) is 15.4. The quantitative estimate of drug-likeness (QED) is 0.738. The molecular weight excluding hydrogens is 276 g/mol. The fraction of sp³-hybridized carbons (Fsp3) is 0.368. The van der Waals surface area contributed by atoms with E-state index in [2.05, 4.69) is 64.6 Å². The smallest absolute Gasteiger partial charge is 0.123 e. The molecule has 0 heterocycles. The van der Waals surface area contributed by atoms with Crippen LogP contribution in [-0.4, -0.2) is 0 Å². The summed E-state index contributed by atoms with van der Waals surface area (Å²) >= 11 is 4.57. The Bertz CT molecular complexity index is 632. The Morgan fingerprint density at radius 3 is 2.33 bits per heavy atom. The van der Waals surface area contributed by atoms with E-state index in [0.717, 1.165) is 23.5 Å². The molecule has 0 aromatic heterocycles. The summed E-state index contributed by atoms with van der Waals surface area (Å²) in [5.74, 6) is 0.975. The summed E-state index contributed by atoms with van der Waals surface area (Å²) in [7, 11) is 0. The first kappa shape index (κ1) is 16.0. The molecule has 0 amide bonds. The van der Waals surface area contributed by atoms with Crippen LogP contribution in [0.15, 0.2) is 35.2 Å². The maximum Gasteiger partial charge on any atom is 0.123 e. The topological polar surface area (TPSA) is 9.23 Å². The molecule has 0 spiro atoms. The lowest BCUT2D eigenvalue weighted by Gasteiger charge is -2.15. The third-order valence-electron chi connectivity index (χ3n) is 4.02. The van der Waals surface area contributed by atoms with Crippen molar-refractivity contribution in [3.8, 4) is 5.75 Å². The van der Waals surface area contributed by atoms with Crippen molar-refractivity contribution in [2.45, 2.75) is 52.0 Å². The van der Waals surface area contributed by atoms with Gasteiger partial charge in [-0.1, -0.05) is 32.0 Å². The van der Waals surface area contributed by atoms with E-state index in [4.69, 9.17) is 4.74 Å². The van der Waals surface area contributed by atoms with E-state index in [0.29, 0.717) is 6.61 Å². The molecule has 0 fully saturated rings. The van der Waals surface area contributed by atoms with Crippen molar-refractivity contribution in [3.63, 3.8) is 0 Å². The molecule has 0 aliphatic heterocycles. The van der Waals surface area contributed by atoms with Crippen molar-refractivity contribution >= 4 is 12.6 Å². The Morgan fingerprint density at radius 1 is 0.952 bits per heavy atom. The summed E-state index contributed by atoms with van der Waals surface area (Å²) in [5.41, 5.74) is 6.39. The van der Waals surface area contributed by atoms with Crippen LogP contribution in [0.1, 0.15) is 41.7 Å². The van der Waals surface area contributed by atoms with Gasteiger partial charge in [-0.3, -0.25) is 0 Å². The summed E-state index contributed by atoms with van der Waals surface area (Å²) in [6.45, 7) is 9.19. The largest absolute Gasteiger partial charge is 0.489 e. The number of benzene rings is 2. The van der Waals surface area contributed by atoms with E-state index in [1.807, 2.05) is 6.07 Å². The minimum Gasteiger partial charge on any atom is -0.489 e. The number of ether oxygens (including phenoxy) is 1. The van der Waals surface area contributed by atoms with Crippen LogP contribution < -0.4 is 4.74 Å². The van der Waals surface area contributed by atoms with Crippen LogP contribution in [0.25, 0.3) is 0 Å². The van der Waals surface area contributed by atoms with Crippen molar-refractivity contribution < 1.29 is 4.74 Å². The lowest BCUT2D eigenvalue weighted by atomic mass is 10.0. The van der Waals surface area contributed by atoms with Gasteiger partial charge < -0.3 is 4.74 Å². The molecule has 0 N–H and O–H groups in total. The van der Waals surface area contributed by atoms with Crippen LogP contribution in [0.5, 0.6) is 5.75 Å². The minimum atomic E-state index is 0.578. The molecule has 0 saturated carbocycles. The second-order valence-electron chi connectivity index (χ2n) is 5.45. The maximum absolute atomic E-state index is 6.08. The predicted octanol–water partition coefficient (Wildman–Crippen LogP) is 5.30. The van der Waals surface area contributed by atoms with E-state index in [1.54, 1.807) is 0 Å². The van der Waals surface area contributed by atoms with Gasteiger partial charge >= 0.3 is 0 Å². The first-order valence-corrected chi connectivity index (χ1v) is 8.04. The van der Waals surface area contributed by atoms with Crippen LogP contribution in [-0.2, 0) is 19.4 Å². The molecule has 0 bridgehead atoms. The van der Waals surface area contributed by atoms with Crippen LogP contribution in [0.3, 0.4) is 0 Å². The lowest BCUT2D eigenvalue weighted by Crippen LogP contribution is -2.03. The molecule has 21 heavy (non-hydrogen) atoms. The van der Waals surface area contributed by atoms with Crippen molar-refractivity contribution in [1.82, 2.24) is 0 Å². The Balaban J connectivity index is 2.23. The minimum absolute atomic E-state index is 0.578. The predicted molar refractivity (Wildman–Crippen MR) is 92.7 cm³/mol. The molecule has 1 nitrogen and oxygen atoms in total. The van der Waals surface area contributed by atoms with Crippen molar-refractivity contribution in [2.24, 2.45) is 0 Å². The molecule has 2 heteroatoms. The number of hydrogen-bond donors (Lipinski definition) is 1.